The summed E-state index contributed by atoms with van der Waals surface area (Å²) in [5.74, 6) is 2.90. The SMILES string of the molecule is CC1=C2C3C(CC[C@]2(C)[C@@H](O)C1)C1CCC(=O)C=C1C[C@H]3C. The van der Waals surface area contributed by atoms with Crippen LogP contribution in [-0.2, 0) is 4.79 Å². The molecule has 6 atom stereocenters. The Morgan fingerprint density at radius 2 is 2.05 bits per heavy atom. The molecule has 0 aromatic heterocycles. The molecule has 1 N–H and O–H groups in total. The van der Waals surface area contributed by atoms with Crippen LogP contribution in [0.4, 0.5) is 0 Å². The average molecular weight is 300 g/mol. The molecule has 0 radical (unpaired) electrons. The third-order valence-electron chi connectivity index (χ3n) is 7.31. The first-order valence-corrected chi connectivity index (χ1v) is 9.03. The fraction of sp³-hybridized carbons (Fsp3) is 0.750. The zero-order valence-electron chi connectivity index (χ0n) is 14.1. The van der Waals surface area contributed by atoms with E-state index in [1.165, 1.54) is 17.6 Å². The summed E-state index contributed by atoms with van der Waals surface area (Å²) >= 11 is 0. The molecule has 120 valence electrons. The molecule has 3 unspecified atom stereocenters. The standard InChI is InChI=1S/C20H28O2/c1-11-8-13-10-14(21)4-5-15(13)16-6-7-20(3)17(22)9-12(2)19(20)18(11)16/h10-11,15-18,22H,4-9H2,1-3H3/t11-,15?,16?,17+,18?,20-/m1/s1. The van der Waals surface area contributed by atoms with Crippen molar-refractivity contribution in [3.63, 3.8) is 0 Å². The second kappa shape index (κ2) is 4.80. The third-order valence-corrected chi connectivity index (χ3v) is 7.31. The predicted molar refractivity (Wildman–Crippen MR) is 87.2 cm³/mol. The summed E-state index contributed by atoms with van der Waals surface area (Å²) in [7, 11) is 0. The van der Waals surface area contributed by atoms with Gasteiger partial charge >= 0.3 is 0 Å². The van der Waals surface area contributed by atoms with Crippen molar-refractivity contribution in [2.75, 3.05) is 0 Å². The third kappa shape index (κ3) is 1.86. The summed E-state index contributed by atoms with van der Waals surface area (Å²) in [6.45, 7) is 6.90. The lowest BCUT2D eigenvalue weighted by atomic mass is 9.51. The second-order valence-electron chi connectivity index (χ2n) is 8.57. The Hall–Kier alpha value is -0.890. The molecule has 0 bridgehead atoms. The fourth-order valence-corrected chi connectivity index (χ4v) is 6.34. The van der Waals surface area contributed by atoms with Gasteiger partial charge in [-0.2, -0.15) is 0 Å². The number of hydrogen-bond donors (Lipinski definition) is 1. The van der Waals surface area contributed by atoms with E-state index in [-0.39, 0.29) is 11.5 Å². The number of fused-ring (bicyclic) bond motifs is 5. The molecule has 22 heavy (non-hydrogen) atoms. The minimum atomic E-state index is -0.180. The summed E-state index contributed by atoms with van der Waals surface area (Å²) in [6.07, 6.45) is 7.88. The van der Waals surface area contributed by atoms with Gasteiger partial charge in [-0.3, -0.25) is 4.79 Å². The maximum Gasteiger partial charge on any atom is 0.155 e. The Bertz CT molecular complexity index is 585. The minimum Gasteiger partial charge on any atom is -0.392 e. The number of rotatable bonds is 0. The van der Waals surface area contributed by atoms with Crippen molar-refractivity contribution in [2.24, 2.45) is 29.1 Å². The molecule has 0 amide bonds. The number of aliphatic hydroxyl groups is 1. The van der Waals surface area contributed by atoms with Crippen LogP contribution in [-0.4, -0.2) is 17.0 Å². The molecule has 0 aliphatic heterocycles. The van der Waals surface area contributed by atoms with Crippen molar-refractivity contribution in [1.29, 1.82) is 0 Å². The van der Waals surface area contributed by atoms with Gasteiger partial charge in [0.2, 0.25) is 0 Å². The van der Waals surface area contributed by atoms with Gasteiger partial charge in [-0.25, -0.2) is 0 Å². The summed E-state index contributed by atoms with van der Waals surface area (Å²) < 4.78 is 0. The second-order valence-corrected chi connectivity index (χ2v) is 8.57. The number of hydrogen-bond acceptors (Lipinski definition) is 2. The van der Waals surface area contributed by atoms with Crippen molar-refractivity contribution in [1.82, 2.24) is 0 Å². The van der Waals surface area contributed by atoms with Crippen LogP contribution in [0.5, 0.6) is 0 Å². The first-order valence-electron chi connectivity index (χ1n) is 9.03. The van der Waals surface area contributed by atoms with E-state index in [1.54, 1.807) is 5.57 Å². The first kappa shape index (κ1) is 14.7. The Kier molecular flexibility index (Phi) is 3.21. The van der Waals surface area contributed by atoms with E-state index in [4.69, 9.17) is 0 Å². The van der Waals surface area contributed by atoms with E-state index in [2.05, 4.69) is 20.8 Å². The highest BCUT2D eigenvalue weighted by Gasteiger charge is 2.55. The molecule has 4 aliphatic carbocycles. The summed E-state index contributed by atoms with van der Waals surface area (Å²) in [4.78, 5) is 11.8. The Balaban J connectivity index is 1.76. The Labute approximate surface area is 133 Å². The van der Waals surface area contributed by atoms with Crippen LogP contribution in [0.2, 0.25) is 0 Å². The molecular weight excluding hydrogens is 272 g/mol. The highest BCUT2D eigenvalue weighted by Crippen LogP contribution is 2.62. The van der Waals surface area contributed by atoms with Crippen LogP contribution in [0.3, 0.4) is 0 Å². The molecule has 4 rings (SSSR count). The van der Waals surface area contributed by atoms with Gasteiger partial charge < -0.3 is 5.11 Å². The molecule has 2 saturated carbocycles. The van der Waals surface area contributed by atoms with Gasteiger partial charge in [0.05, 0.1) is 6.10 Å². The van der Waals surface area contributed by atoms with Crippen molar-refractivity contribution in [3.05, 3.63) is 22.8 Å². The molecular formula is C20H28O2. The normalized spacial score (nSPS) is 47.7. The molecule has 0 saturated heterocycles. The van der Waals surface area contributed by atoms with E-state index in [0.717, 1.165) is 32.1 Å². The Morgan fingerprint density at radius 1 is 1.27 bits per heavy atom. The van der Waals surface area contributed by atoms with Crippen LogP contribution in [0.25, 0.3) is 0 Å². The van der Waals surface area contributed by atoms with E-state index >= 15 is 0 Å². The van der Waals surface area contributed by atoms with Gasteiger partial charge in [0.15, 0.2) is 5.78 Å². The minimum absolute atomic E-state index is 0.0191. The lowest BCUT2D eigenvalue weighted by molar-refractivity contribution is -0.115. The number of carbonyl (C=O) groups is 1. The number of carbonyl (C=O) groups excluding carboxylic acids is 1. The van der Waals surface area contributed by atoms with Gasteiger partial charge in [0, 0.05) is 11.8 Å². The molecule has 2 nitrogen and oxygen atoms in total. The maximum atomic E-state index is 11.8. The Morgan fingerprint density at radius 3 is 2.82 bits per heavy atom. The van der Waals surface area contributed by atoms with E-state index in [0.29, 0.717) is 29.5 Å². The summed E-state index contributed by atoms with van der Waals surface area (Å²) in [6, 6.07) is 0. The van der Waals surface area contributed by atoms with Crippen molar-refractivity contribution in [2.45, 2.75) is 65.4 Å². The molecule has 0 aromatic carbocycles. The maximum absolute atomic E-state index is 11.8. The molecule has 0 aromatic rings. The molecule has 2 fully saturated rings. The molecule has 0 spiro atoms. The van der Waals surface area contributed by atoms with Crippen molar-refractivity contribution >= 4 is 5.78 Å². The van der Waals surface area contributed by atoms with Crippen molar-refractivity contribution in [3.8, 4) is 0 Å². The lowest BCUT2D eigenvalue weighted by Crippen LogP contribution is -2.47. The van der Waals surface area contributed by atoms with Crippen LogP contribution in [0.15, 0.2) is 22.8 Å². The van der Waals surface area contributed by atoms with Crippen LogP contribution < -0.4 is 0 Å². The van der Waals surface area contributed by atoms with Gasteiger partial charge in [-0.1, -0.05) is 30.6 Å². The van der Waals surface area contributed by atoms with Gasteiger partial charge in [0.1, 0.15) is 0 Å². The number of ketones is 1. The van der Waals surface area contributed by atoms with Gasteiger partial charge in [0.25, 0.3) is 0 Å². The fourth-order valence-electron chi connectivity index (χ4n) is 6.34. The quantitative estimate of drug-likeness (QED) is 0.685. The van der Waals surface area contributed by atoms with Crippen molar-refractivity contribution < 1.29 is 9.90 Å². The van der Waals surface area contributed by atoms with Crippen LogP contribution in [0, 0.1) is 29.1 Å². The highest BCUT2D eigenvalue weighted by molar-refractivity contribution is 5.91. The topological polar surface area (TPSA) is 37.3 Å². The van der Waals surface area contributed by atoms with Crippen LogP contribution >= 0.6 is 0 Å². The highest BCUT2D eigenvalue weighted by atomic mass is 16.3. The number of allylic oxidation sites excluding steroid dienone is 2. The zero-order chi connectivity index (χ0) is 15.6. The monoisotopic (exact) mass is 300 g/mol. The average Bonchev–Trinajstić information content (AvgIpc) is 2.69. The first-order chi connectivity index (χ1) is 10.4. The van der Waals surface area contributed by atoms with E-state index in [9.17, 15) is 9.90 Å². The van der Waals surface area contributed by atoms with Gasteiger partial charge in [-0.05, 0) is 68.8 Å². The lowest BCUT2D eigenvalue weighted by Gasteiger charge is -2.53. The summed E-state index contributed by atoms with van der Waals surface area (Å²) in [5.41, 5.74) is 4.51. The number of aliphatic hydroxyl groups excluding tert-OH is 1. The van der Waals surface area contributed by atoms with E-state index in [1.807, 2.05) is 6.08 Å². The zero-order valence-corrected chi connectivity index (χ0v) is 14.1. The smallest absolute Gasteiger partial charge is 0.155 e. The largest absolute Gasteiger partial charge is 0.392 e. The predicted octanol–water partition coefficient (Wildman–Crippen LogP) is 4.05. The van der Waals surface area contributed by atoms with Crippen LogP contribution in [0.1, 0.15) is 59.3 Å². The van der Waals surface area contributed by atoms with Gasteiger partial charge in [-0.15, -0.1) is 0 Å². The molecule has 2 heteroatoms. The molecule has 4 aliphatic rings. The molecule has 0 heterocycles. The van der Waals surface area contributed by atoms with E-state index < -0.39 is 0 Å². The summed E-state index contributed by atoms with van der Waals surface area (Å²) in [5, 5.41) is 10.6.